The number of aryl methyl sites for hydroxylation is 1. The van der Waals surface area contributed by atoms with Gasteiger partial charge in [-0.1, -0.05) is 12.1 Å². The Morgan fingerprint density at radius 2 is 2.00 bits per heavy atom. The number of fused-ring (bicyclic) bond motifs is 1. The summed E-state index contributed by atoms with van der Waals surface area (Å²) in [5.41, 5.74) is 2.64. The topological polar surface area (TPSA) is 33.3 Å². The Morgan fingerprint density at radius 3 is 2.88 bits per heavy atom. The van der Waals surface area contributed by atoms with Crippen molar-refractivity contribution in [1.29, 1.82) is 0 Å². The lowest BCUT2D eigenvalue weighted by atomic mass is 10.0. The molecule has 2 aliphatic rings. The molecule has 0 atom stereocenters. The summed E-state index contributed by atoms with van der Waals surface area (Å²) in [4.78, 5) is 0. The van der Waals surface area contributed by atoms with Crippen molar-refractivity contribution in [3.63, 3.8) is 0 Å². The monoisotopic (exact) mass is 232 g/mol. The molecule has 0 radical (unpaired) electrons. The zero-order valence-corrected chi connectivity index (χ0v) is 10.2. The Kier molecular flexibility index (Phi) is 3.18. The predicted octanol–water partition coefficient (Wildman–Crippen LogP) is 2.18. The molecule has 17 heavy (non-hydrogen) atoms. The van der Waals surface area contributed by atoms with Crippen LogP contribution in [0.25, 0.3) is 0 Å². The van der Waals surface area contributed by atoms with E-state index in [1.807, 2.05) is 0 Å². The molecule has 3 nitrogen and oxygen atoms in total. The minimum absolute atomic E-state index is 0.381. The van der Waals surface area contributed by atoms with E-state index in [0.29, 0.717) is 6.10 Å². The smallest absolute Gasteiger partial charge is 0.143 e. The number of nitrogens with one attached hydrogen (secondary N) is 2. The number of hydrogen-bond donors (Lipinski definition) is 2. The minimum atomic E-state index is 0.381. The van der Waals surface area contributed by atoms with E-state index in [-0.39, 0.29) is 0 Å². The molecule has 3 rings (SSSR count). The van der Waals surface area contributed by atoms with Gasteiger partial charge in [0.05, 0.1) is 5.69 Å². The third-order valence-corrected chi connectivity index (χ3v) is 3.62. The summed E-state index contributed by atoms with van der Waals surface area (Å²) in [6.45, 7) is 3.22. The first-order valence-electron chi connectivity index (χ1n) is 6.66. The fraction of sp³-hybridized carbons (Fsp3) is 0.571. The maximum absolute atomic E-state index is 6.15. The zero-order valence-electron chi connectivity index (χ0n) is 10.2. The van der Waals surface area contributed by atoms with Crippen molar-refractivity contribution in [3.05, 3.63) is 23.8 Å². The van der Waals surface area contributed by atoms with Crippen LogP contribution in [0.15, 0.2) is 18.2 Å². The summed E-state index contributed by atoms with van der Waals surface area (Å²) in [5.74, 6) is 1.05. The molecule has 1 saturated heterocycles. The first-order valence-corrected chi connectivity index (χ1v) is 6.66. The molecule has 0 amide bonds. The fourth-order valence-corrected chi connectivity index (χ4v) is 2.67. The number of piperidine rings is 1. The maximum atomic E-state index is 6.15. The second kappa shape index (κ2) is 4.96. The van der Waals surface area contributed by atoms with Crippen molar-refractivity contribution < 1.29 is 4.74 Å². The molecule has 2 N–H and O–H groups in total. The van der Waals surface area contributed by atoms with E-state index >= 15 is 0 Å². The van der Waals surface area contributed by atoms with Crippen molar-refractivity contribution >= 4 is 5.69 Å². The highest BCUT2D eigenvalue weighted by atomic mass is 16.5. The quantitative estimate of drug-likeness (QED) is 0.820. The molecule has 1 fully saturated rings. The number of hydrogen-bond acceptors (Lipinski definition) is 3. The molecule has 0 aromatic heterocycles. The Balaban J connectivity index is 1.77. The third-order valence-electron chi connectivity index (χ3n) is 3.62. The van der Waals surface area contributed by atoms with Crippen LogP contribution in [0.4, 0.5) is 5.69 Å². The van der Waals surface area contributed by atoms with Crippen LogP contribution in [-0.4, -0.2) is 25.7 Å². The molecule has 1 aromatic carbocycles. The zero-order chi connectivity index (χ0) is 11.5. The van der Waals surface area contributed by atoms with Gasteiger partial charge in [-0.2, -0.15) is 0 Å². The number of ether oxygens (including phenoxy) is 1. The van der Waals surface area contributed by atoms with Crippen LogP contribution in [0.5, 0.6) is 5.75 Å². The van der Waals surface area contributed by atoms with Crippen molar-refractivity contribution in [1.82, 2.24) is 5.32 Å². The van der Waals surface area contributed by atoms with Crippen LogP contribution in [0.2, 0.25) is 0 Å². The van der Waals surface area contributed by atoms with Gasteiger partial charge in [0.2, 0.25) is 0 Å². The summed E-state index contributed by atoms with van der Waals surface area (Å²) in [6, 6.07) is 6.41. The van der Waals surface area contributed by atoms with Gasteiger partial charge in [-0.25, -0.2) is 0 Å². The van der Waals surface area contributed by atoms with Gasteiger partial charge in [-0.3, -0.25) is 0 Å². The summed E-state index contributed by atoms with van der Waals surface area (Å²) in [7, 11) is 0. The molecule has 1 aromatic rings. The summed E-state index contributed by atoms with van der Waals surface area (Å²) in [5, 5.41) is 6.85. The van der Waals surface area contributed by atoms with Crippen LogP contribution >= 0.6 is 0 Å². The fourth-order valence-electron chi connectivity index (χ4n) is 2.67. The Bertz CT molecular complexity index is 386. The van der Waals surface area contributed by atoms with Gasteiger partial charge in [0.25, 0.3) is 0 Å². The molecule has 3 heteroatoms. The number of anilines is 1. The normalized spacial score (nSPS) is 20.5. The van der Waals surface area contributed by atoms with E-state index in [0.717, 1.165) is 38.2 Å². The molecule has 0 spiro atoms. The minimum Gasteiger partial charge on any atom is -0.488 e. The lowest BCUT2D eigenvalue weighted by Crippen LogP contribution is -2.34. The van der Waals surface area contributed by atoms with Crippen molar-refractivity contribution in [3.8, 4) is 5.75 Å². The lowest BCUT2D eigenvalue weighted by Gasteiger charge is -2.27. The van der Waals surface area contributed by atoms with Crippen LogP contribution in [0, 0.1) is 0 Å². The van der Waals surface area contributed by atoms with Gasteiger partial charge in [0, 0.05) is 6.54 Å². The second-order valence-electron chi connectivity index (χ2n) is 4.89. The Hall–Kier alpha value is -1.22. The number of benzene rings is 1. The molecule has 2 heterocycles. The van der Waals surface area contributed by atoms with Gasteiger partial charge < -0.3 is 15.4 Å². The van der Waals surface area contributed by atoms with Crippen LogP contribution in [0.3, 0.4) is 0 Å². The first kappa shape index (κ1) is 10.9. The summed E-state index contributed by atoms with van der Waals surface area (Å²) < 4.78 is 6.15. The highest BCUT2D eigenvalue weighted by molar-refractivity contribution is 5.63. The summed E-state index contributed by atoms with van der Waals surface area (Å²) in [6.07, 6.45) is 5.01. The van der Waals surface area contributed by atoms with Gasteiger partial charge in [0.1, 0.15) is 11.9 Å². The molecule has 92 valence electrons. The number of rotatable bonds is 2. The van der Waals surface area contributed by atoms with Gasteiger partial charge in [0.15, 0.2) is 0 Å². The molecule has 2 aliphatic heterocycles. The SMILES string of the molecule is c1cc2c(c(OC3CCNCC3)c1)NCCC2. The van der Waals surface area contributed by atoms with E-state index in [4.69, 9.17) is 4.74 Å². The molecule has 0 aliphatic carbocycles. The first-order chi connectivity index (χ1) is 8.43. The average molecular weight is 232 g/mol. The molecule has 0 saturated carbocycles. The third kappa shape index (κ3) is 2.39. The molecular formula is C14H20N2O. The Morgan fingerprint density at radius 1 is 1.12 bits per heavy atom. The van der Waals surface area contributed by atoms with E-state index in [1.54, 1.807) is 0 Å². The average Bonchev–Trinajstić information content (AvgIpc) is 2.40. The van der Waals surface area contributed by atoms with Crippen LogP contribution in [0.1, 0.15) is 24.8 Å². The second-order valence-corrected chi connectivity index (χ2v) is 4.89. The van der Waals surface area contributed by atoms with Crippen molar-refractivity contribution in [2.24, 2.45) is 0 Å². The Labute approximate surface area is 103 Å². The van der Waals surface area contributed by atoms with Crippen molar-refractivity contribution in [2.75, 3.05) is 25.0 Å². The van der Waals surface area contributed by atoms with Crippen LogP contribution in [-0.2, 0) is 6.42 Å². The van der Waals surface area contributed by atoms with Gasteiger partial charge >= 0.3 is 0 Å². The van der Waals surface area contributed by atoms with E-state index in [1.165, 1.54) is 24.1 Å². The number of para-hydroxylation sites is 1. The van der Waals surface area contributed by atoms with Gasteiger partial charge in [-0.15, -0.1) is 0 Å². The molecule has 0 unspecified atom stereocenters. The highest BCUT2D eigenvalue weighted by Crippen LogP contribution is 2.33. The van der Waals surface area contributed by atoms with E-state index in [9.17, 15) is 0 Å². The van der Waals surface area contributed by atoms with Gasteiger partial charge in [-0.05, 0) is 50.4 Å². The van der Waals surface area contributed by atoms with E-state index in [2.05, 4.69) is 28.8 Å². The van der Waals surface area contributed by atoms with E-state index < -0.39 is 0 Å². The van der Waals surface area contributed by atoms with Crippen molar-refractivity contribution in [2.45, 2.75) is 31.8 Å². The standard InChI is InChI=1S/C14H20N2O/c1-3-11-4-2-8-16-14(11)13(5-1)17-12-6-9-15-10-7-12/h1,3,5,12,15-16H,2,4,6-10H2. The summed E-state index contributed by atoms with van der Waals surface area (Å²) >= 11 is 0. The largest absolute Gasteiger partial charge is 0.488 e. The van der Waals surface area contributed by atoms with Crippen LogP contribution < -0.4 is 15.4 Å². The highest BCUT2D eigenvalue weighted by Gasteiger charge is 2.18. The predicted molar refractivity (Wildman–Crippen MR) is 69.8 cm³/mol. The molecular weight excluding hydrogens is 212 g/mol. The maximum Gasteiger partial charge on any atom is 0.143 e. The molecule has 0 bridgehead atoms. The lowest BCUT2D eigenvalue weighted by molar-refractivity contribution is 0.163.